The Balaban J connectivity index is 2.71. The lowest BCUT2D eigenvalue weighted by atomic mass is 9.99. The normalized spacial score (nSPS) is 12.9. The fourth-order valence-electron chi connectivity index (χ4n) is 1.82. The molecule has 2 rings (SSSR count). The van der Waals surface area contributed by atoms with E-state index in [0.29, 0.717) is 6.42 Å². The molecule has 0 aliphatic rings. The average molecular weight is 202 g/mol. The molecular formula is C13H14O2. The molecule has 78 valence electrons. The van der Waals surface area contributed by atoms with Gasteiger partial charge in [-0.2, -0.15) is 0 Å². The van der Waals surface area contributed by atoms with Crippen LogP contribution in [0, 0.1) is 0 Å². The fourth-order valence-corrected chi connectivity index (χ4v) is 1.82. The van der Waals surface area contributed by atoms with E-state index >= 15 is 0 Å². The van der Waals surface area contributed by atoms with Crippen LogP contribution in [0.3, 0.4) is 0 Å². The Morgan fingerprint density at radius 2 is 1.93 bits per heavy atom. The highest BCUT2D eigenvalue weighted by atomic mass is 16.3. The molecule has 0 heterocycles. The molecule has 0 aromatic heterocycles. The van der Waals surface area contributed by atoms with E-state index in [2.05, 4.69) is 0 Å². The van der Waals surface area contributed by atoms with Gasteiger partial charge in [0, 0.05) is 0 Å². The number of aliphatic hydroxyl groups is 1. The van der Waals surface area contributed by atoms with Crippen molar-refractivity contribution in [2.45, 2.75) is 19.4 Å². The van der Waals surface area contributed by atoms with Gasteiger partial charge in [-0.25, -0.2) is 0 Å². The predicted octanol–water partition coefficient (Wildman–Crippen LogP) is 2.99. The minimum Gasteiger partial charge on any atom is -0.508 e. The van der Waals surface area contributed by atoms with Gasteiger partial charge in [0.1, 0.15) is 5.75 Å². The van der Waals surface area contributed by atoms with Gasteiger partial charge in [0.25, 0.3) is 0 Å². The van der Waals surface area contributed by atoms with Crippen LogP contribution in [-0.4, -0.2) is 10.2 Å². The van der Waals surface area contributed by atoms with Crippen LogP contribution in [0.2, 0.25) is 0 Å². The van der Waals surface area contributed by atoms with E-state index in [1.165, 1.54) is 0 Å². The third kappa shape index (κ3) is 1.81. The fraction of sp³-hybridized carbons (Fsp3) is 0.231. The summed E-state index contributed by atoms with van der Waals surface area (Å²) in [6.07, 6.45) is 0.134. The molecule has 2 heteroatoms. The summed E-state index contributed by atoms with van der Waals surface area (Å²) in [5, 5.41) is 21.3. The molecule has 0 saturated heterocycles. The number of hydrogen-bond donors (Lipinski definition) is 2. The first kappa shape index (κ1) is 9.99. The number of rotatable bonds is 2. The Hall–Kier alpha value is -1.54. The van der Waals surface area contributed by atoms with Crippen molar-refractivity contribution in [2.75, 3.05) is 0 Å². The zero-order chi connectivity index (χ0) is 10.8. The Bertz CT molecular complexity index is 477. The summed E-state index contributed by atoms with van der Waals surface area (Å²) >= 11 is 0. The second-order valence-electron chi connectivity index (χ2n) is 3.68. The van der Waals surface area contributed by atoms with Crippen LogP contribution in [-0.2, 0) is 0 Å². The number of fused-ring (bicyclic) bond motifs is 1. The van der Waals surface area contributed by atoms with Gasteiger partial charge in [-0.1, -0.05) is 31.2 Å². The van der Waals surface area contributed by atoms with E-state index in [4.69, 9.17) is 0 Å². The monoisotopic (exact) mass is 202 g/mol. The molecule has 0 fully saturated rings. The molecule has 0 amide bonds. The number of aliphatic hydroxyl groups excluding tert-OH is 1. The van der Waals surface area contributed by atoms with Gasteiger partial charge in [0.05, 0.1) is 6.10 Å². The first-order valence-electron chi connectivity index (χ1n) is 5.12. The van der Waals surface area contributed by atoms with E-state index in [1.807, 2.05) is 31.2 Å². The highest BCUT2D eigenvalue weighted by molar-refractivity contribution is 5.87. The molecule has 1 atom stereocenters. The lowest BCUT2D eigenvalue weighted by Gasteiger charge is -2.12. The Kier molecular flexibility index (Phi) is 2.60. The zero-order valence-corrected chi connectivity index (χ0v) is 8.64. The van der Waals surface area contributed by atoms with Crippen LogP contribution in [0.1, 0.15) is 25.0 Å². The van der Waals surface area contributed by atoms with E-state index in [1.54, 1.807) is 12.1 Å². The molecule has 2 nitrogen and oxygen atoms in total. The first-order valence-corrected chi connectivity index (χ1v) is 5.12. The van der Waals surface area contributed by atoms with Gasteiger partial charge in [-0.3, -0.25) is 0 Å². The van der Waals surface area contributed by atoms with Gasteiger partial charge in [-0.05, 0) is 34.9 Å². The van der Waals surface area contributed by atoms with Crippen molar-refractivity contribution in [3.8, 4) is 5.75 Å². The van der Waals surface area contributed by atoms with Gasteiger partial charge in [0.2, 0.25) is 0 Å². The van der Waals surface area contributed by atoms with Crippen LogP contribution in [0.5, 0.6) is 5.75 Å². The number of benzene rings is 2. The van der Waals surface area contributed by atoms with Gasteiger partial charge < -0.3 is 10.2 Å². The van der Waals surface area contributed by atoms with Crippen molar-refractivity contribution < 1.29 is 10.2 Å². The maximum Gasteiger partial charge on any atom is 0.116 e. The standard InChI is InChI=1S/C13H14O2/c1-2-13(15)12-8-10(14)7-9-5-3-4-6-11(9)12/h3-8,13-15H,2H2,1H3. The van der Waals surface area contributed by atoms with Crippen LogP contribution >= 0.6 is 0 Å². The van der Waals surface area contributed by atoms with Crippen LogP contribution in [0.15, 0.2) is 36.4 Å². The van der Waals surface area contributed by atoms with E-state index in [-0.39, 0.29) is 5.75 Å². The summed E-state index contributed by atoms with van der Waals surface area (Å²) in [5.74, 6) is 0.205. The highest BCUT2D eigenvalue weighted by Crippen LogP contribution is 2.30. The van der Waals surface area contributed by atoms with Gasteiger partial charge in [-0.15, -0.1) is 0 Å². The van der Waals surface area contributed by atoms with Crippen molar-refractivity contribution in [1.82, 2.24) is 0 Å². The molecule has 0 aliphatic heterocycles. The second-order valence-corrected chi connectivity index (χ2v) is 3.68. The van der Waals surface area contributed by atoms with Crippen molar-refractivity contribution in [1.29, 1.82) is 0 Å². The molecule has 0 spiro atoms. The van der Waals surface area contributed by atoms with Crippen molar-refractivity contribution in [3.05, 3.63) is 42.0 Å². The summed E-state index contributed by atoms with van der Waals surface area (Å²) in [6, 6.07) is 11.1. The van der Waals surface area contributed by atoms with E-state index in [0.717, 1.165) is 16.3 Å². The third-order valence-electron chi connectivity index (χ3n) is 2.62. The summed E-state index contributed by atoms with van der Waals surface area (Å²) in [7, 11) is 0. The quantitative estimate of drug-likeness (QED) is 0.786. The van der Waals surface area contributed by atoms with Crippen LogP contribution in [0.25, 0.3) is 10.8 Å². The number of aromatic hydroxyl groups is 1. The third-order valence-corrected chi connectivity index (χ3v) is 2.62. The minimum absolute atomic E-state index is 0.205. The second kappa shape index (κ2) is 3.91. The zero-order valence-electron chi connectivity index (χ0n) is 8.64. The van der Waals surface area contributed by atoms with Crippen molar-refractivity contribution in [3.63, 3.8) is 0 Å². The molecule has 2 aromatic rings. The summed E-state index contributed by atoms with van der Waals surface area (Å²) in [6.45, 7) is 1.92. The largest absolute Gasteiger partial charge is 0.508 e. The molecular weight excluding hydrogens is 188 g/mol. The van der Waals surface area contributed by atoms with Crippen molar-refractivity contribution >= 4 is 10.8 Å². The lowest BCUT2D eigenvalue weighted by Crippen LogP contribution is -1.96. The van der Waals surface area contributed by atoms with Crippen LogP contribution < -0.4 is 0 Å². The maximum absolute atomic E-state index is 9.84. The lowest BCUT2D eigenvalue weighted by molar-refractivity contribution is 0.175. The Labute approximate surface area is 88.8 Å². The SMILES string of the molecule is CCC(O)c1cc(O)cc2ccccc12. The Morgan fingerprint density at radius 3 is 2.67 bits per heavy atom. The first-order chi connectivity index (χ1) is 7.22. The van der Waals surface area contributed by atoms with E-state index < -0.39 is 6.10 Å². The highest BCUT2D eigenvalue weighted by Gasteiger charge is 2.10. The predicted molar refractivity (Wildman–Crippen MR) is 60.9 cm³/mol. The molecule has 1 unspecified atom stereocenters. The molecule has 2 N–H and O–H groups in total. The average Bonchev–Trinajstić information content (AvgIpc) is 2.26. The molecule has 0 saturated carbocycles. The molecule has 15 heavy (non-hydrogen) atoms. The van der Waals surface area contributed by atoms with Gasteiger partial charge in [0.15, 0.2) is 0 Å². The molecule has 2 aromatic carbocycles. The number of hydrogen-bond acceptors (Lipinski definition) is 2. The molecule has 0 aliphatic carbocycles. The topological polar surface area (TPSA) is 40.5 Å². The summed E-state index contributed by atoms with van der Waals surface area (Å²) < 4.78 is 0. The summed E-state index contributed by atoms with van der Waals surface area (Å²) in [4.78, 5) is 0. The summed E-state index contributed by atoms with van der Waals surface area (Å²) in [5.41, 5.74) is 0.799. The molecule has 0 radical (unpaired) electrons. The smallest absolute Gasteiger partial charge is 0.116 e. The Morgan fingerprint density at radius 1 is 1.20 bits per heavy atom. The van der Waals surface area contributed by atoms with E-state index in [9.17, 15) is 10.2 Å². The number of phenols is 1. The minimum atomic E-state index is -0.512. The van der Waals surface area contributed by atoms with Crippen LogP contribution in [0.4, 0.5) is 0 Å². The number of phenolic OH excluding ortho intramolecular Hbond substituents is 1. The van der Waals surface area contributed by atoms with Gasteiger partial charge >= 0.3 is 0 Å². The maximum atomic E-state index is 9.84. The molecule has 0 bridgehead atoms. The van der Waals surface area contributed by atoms with Crippen molar-refractivity contribution in [2.24, 2.45) is 0 Å².